The SMILES string of the molecule is CC(C)CC(CNC(=O)c1ccccc1COc1ccccc1)C(=O)O. The van der Waals surface area contributed by atoms with E-state index in [0.29, 0.717) is 12.0 Å². The first-order valence-electron chi connectivity index (χ1n) is 8.74. The number of carboxylic acid groups (broad SMARTS) is 1. The van der Waals surface area contributed by atoms with Gasteiger partial charge in [-0.1, -0.05) is 50.2 Å². The number of nitrogens with one attached hydrogen (secondary N) is 1. The third-order valence-corrected chi connectivity index (χ3v) is 4.01. The summed E-state index contributed by atoms with van der Waals surface area (Å²) in [5.41, 5.74) is 1.25. The molecular formula is C21H25NO4. The van der Waals surface area contributed by atoms with Crippen molar-refractivity contribution in [2.45, 2.75) is 26.9 Å². The summed E-state index contributed by atoms with van der Waals surface area (Å²) in [5.74, 6) is -0.788. The van der Waals surface area contributed by atoms with Crippen molar-refractivity contribution in [2.24, 2.45) is 11.8 Å². The van der Waals surface area contributed by atoms with E-state index in [1.807, 2.05) is 56.3 Å². The number of hydrogen-bond donors (Lipinski definition) is 2. The Balaban J connectivity index is 2.01. The van der Waals surface area contributed by atoms with Gasteiger partial charge in [0.2, 0.25) is 0 Å². The number of carboxylic acids is 1. The molecule has 0 spiro atoms. The summed E-state index contributed by atoms with van der Waals surface area (Å²) < 4.78 is 5.73. The highest BCUT2D eigenvalue weighted by atomic mass is 16.5. The Labute approximate surface area is 154 Å². The Morgan fingerprint density at radius 3 is 2.35 bits per heavy atom. The number of aliphatic carboxylic acids is 1. The first kappa shape index (κ1) is 19.5. The fraction of sp³-hybridized carbons (Fsp3) is 0.333. The molecule has 1 atom stereocenters. The van der Waals surface area contributed by atoms with E-state index in [0.717, 1.165) is 11.3 Å². The van der Waals surface area contributed by atoms with Gasteiger partial charge in [-0.2, -0.15) is 0 Å². The van der Waals surface area contributed by atoms with Crippen molar-refractivity contribution in [3.8, 4) is 5.75 Å². The van der Waals surface area contributed by atoms with Gasteiger partial charge in [0, 0.05) is 17.7 Å². The van der Waals surface area contributed by atoms with E-state index < -0.39 is 11.9 Å². The van der Waals surface area contributed by atoms with Crippen LogP contribution in [0.1, 0.15) is 36.2 Å². The van der Waals surface area contributed by atoms with Crippen molar-refractivity contribution in [1.82, 2.24) is 5.32 Å². The molecule has 0 bridgehead atoms. The monoisotopic (exact) mass is 355 g/mol. The van der Waals surface area contributed by atoms with Crippen molar-refractivity contribution >= 4 is 11.9 Å². The lowest BCUT2D eigenvalue weighted by Gasteiger charge is -2.16. The third-order valence-electron chi connectivity index (χ3n) is 4.01. The second-order valence-electron chi connectivity index (χ2n) is 6.63. The predicted molar refractivity (Wildman–Crippen MR) is 100 cm³/mol. The van der Waals surface area contributed by atoms with Crippen molar-refractivity contribution in [3.05, 3.63) is 65.7 Å². The molecule has 0 aliphatic rings. The highest BCUT2D eigenvalue weighted by molar-refractivity contribution is 5.95. The fourth-order valence-corrected chi connectivity index (χ4v) is 2.70. The van der Waals surface area contributed by atoms with Crippen molar-refractivity contribution in [3.63, 3.8) is 0 Å². The maximum absolute atomic E-state index is 12.5. The van der Waals surface area contributed by atoms with Gasteiger partial charge in [-0.3, -0.25) is 9.59 Å². The van der Waals surface area contributed by atoms with Gasteiger partial charge in [-0.15, -0.1) is 0 Å². The summed E-state index contributed by atoms with van der Waals surface area (Å²) in [5, 5.41) is 12.0. The minimum absolute atomic E-state index is 0.111. The largest absolute Gasteiger partial charge is 0.489 e. The zero-order chi connectivity index (χ0) is 18.9. The number of para-hydroxylation sites is 1. The molecule has 0 fully saturated rings. The van der Waals surface area contributed by atoms with Crippen LogP contribution in [0.3, 0.4) is 0 Å². The molecule has 1 unspecified atom stereocenters. The lowest BCUT2D eigenvalue weighted by molar-refractivity contribution is -0.142. The number of rotatable bonds is 9. The quantitative estimate of drug-likeness (QED) is 0.718. The first-order chi connectivity index (χ1) is 12.5. The summed E-state index contributed by atoms with van der Waals surface area (Å²) in [6.45, 7) is 4.31. The maximum atomic E-state index is 12.5. The highest BCUT2D eigenvalue weighted by Crippen LogP contribution is 2.16. The smallest absolute Gasteiger partial charge is 0.308 e. The molecule has 2 N–H and O–H groups in total. The average molecular weight is 355 g/mol. The van der Waals surface area contributed by atoms with Crippen molar-refractivity contribution in [2.75, 3.05) is 6.54 Å². The standard InChI is InChI=1S/C21H25NO4/c1-15(2)12-17(21(24)25)13-22-20(23)19-11-7-6-8-16(19)14-26-18-9-4-3-5-10-18/h3-11,15,17H,12-14H2,1-2H3,(H,22,23)(H,24,25). The molecule has 0 saturated heterocycles. The van der Waals surface area contributed by atoms with Crippen molar-refractivity contribution in [1.29, 1.82) is 0 Å². The Morgan fingerprint density at radius 2 is 1.69 bits per heavy atom. The zero-order valence-electron chi connectivity index (χ0n) is 15.1. The zero-order valence-corrected chi connectivity index (χ0v) is 15.1. The van der Waals surface area contributed by atoms with E-state index in [2.05, 4.69) is 5.32 Å². The molecule has 138 valence electrons. The van der Waals surface area contributed by atoms with E-state index >= 15 is 0 Å². The number of benzene rings is 2. The number of carbonyl (C=O) groups excluding carboxylic acids is 1. The molecule has 0 aromatic heterocycles. The lowest BCUT2D eigenvalue weighted by atomic mass is 9.97. The van der Waals surface area contributed by atoms with Gasteiger partial charge in [0.05, 0.1) is 5.92 Å². The summed E-state index contributed by atoms with van der Waals surface area (Å²) >= 11 is 0. The van der Waals surface area contributed by atoms with E-state index in [1.165, 1.54) is 0 Å². The van der Waals surface area contributed by atoms with Crippen LogP contribution >= 0.6 is 0 Å². The second kappa shape index (κ2) is 9.61. The molecule has 5 nitrogen and oxygen atoms in total. The maximum Gasteiger partial charge on any atom is 0.308 e. The van der Waals surface area contributed by atoms with Crippen LogP contribution in [0.15, 0.2) is 54.6 Å². The molecule has 2 aromatic rings. The summed E-state index contributed by atoms with van der Waals surface area (Å²) in [6.07, 6.45) is 0.522. The van der Waals surface area contributed by atoms with Gasteiger partial charge >= 0.3 is 5.97 Å². The molecule has 5 heteroatoms. The van der Waals surface area contributed by atoms with E-state index in [4.69, 9.17) is 4.74 Å². The van der Waals surface area contributed by atoms with Gasteiger partial charge < -0.3 is 15.2 Å². The number of carbonyl (C=O) groups is 2. The van der Waals surface area contributed by atoms with Gasteiger partial charge in [-0.05, 0) is 30.5 Å². The lowest BCUT2D eigenvalue weighted by Crippen LogP contribution is -2.34. The first-order valence-corrected chi connectivity index (χ1v) is 8.74. The van der Waals surface area contributed by atoms with Crippen LogP contribution in [0.25, 0.3) is 0 Å². The molecule has 26 heavy (non-hydrogen) atoms. The number of amides is 1. The molecule has 1 amide bonds. The molecule has 0 aliphatic heterocycles. The molecular weight excluding hydrogens is 330 g/mol. The minimum Gasteiger partial charge on any atom is -0.489 e. The Kier molecular flexibility index (Phi) is 7.21. The van der Waals surface area contributed by atoms with Crippen LogP contribution in [0.5, 0.6) is 5.75 Å². The topological polar surface area (TPSA) is 75.6 Å². The van der Waals surface area contributed by atoms with Crippen LogP contribution in [0.2, 0.25) is 0 Å². The van der Waals surface area contributed by atoms with E-state index in [-0.39, 0.29) is 25.0 Å². The predicted octanol–water partition coefficient (Wildman–Crippen LogP) is 3.74. The fourth-order valence-electron chi connectivity index (χ4n) is 2.70. The van der Waals surface area contributed by atoms with Gasteiger partial charge in [-0.25, -0.2) is 0 Å². The Hall–Kier alpha value is -2.82. The Morgan fingerprint density at radius 1 is 1.04 bits per heavy atom. The molecule has 0 radical (unpaired) electrons. The second-order valence-corrected chi connectivity index (χ2v) is 6.63. The normalized spacial score (nSPS) is 11.8. The summed E-state index contributed by atoms with van der Waals surface area (Å²) in [4.78, 5) is 23.9. The van der Waals surface area contributed by atoms with Crippen molar-refractivity contribution < 1.29 is 19.4 Å². The van der Waals surface area contributed by atoms with Crippen LogP contribution in [0, 0.1) is 11.8 Å². The van der Waals surface area contributed by atoms with Crippen LogP contribution in [0.4, 0.5) is 0 Å². The molecule has 0 heterocycles. The molecule has 0 aliphatic carbocycles. The summed E-state index contributed by atoms with van der Waals surface area (Å²) in [6, 6.07) is 16.6. The number of hydrogen-bond acceptors (Lipinski definition) is 3. The number of ether oxygens (including phenoxy) is 1. The summed E-state index contributed by atoms with van der Waals surface area (Å²) in [7, 11) is 0. The van der Waals surface area contributed by atoms with E-state index in [9.17, 15) is 14.7 Å². The molecule has 0 saturated carbocycles. The highest BCUT2D eigenvalue weighted by Gasteiger charge is 2.20. The minimum atomic E-state index is -0.889. The van der Waals surface area contributed by atoms with Gasteiger partial charge in [0.15, 0.2) is 0 Å². The third kappa shape index (κ3) is 5.92. The average Bonchev–Trinajstić information content (AvgIpc) is 2.63. The molecule has 2 rings (SSSR count). The van der Waals surface area contributed by atoms with Gasteiger partial charge in [0.25, 0.3) is 5.91 Å². The van der Waals surface area contributed by atoms with Crippen LogP contribution in [-0.4, -0.2) is 23.5 Å². The van der Waals surface area contributed by atoms with Gasteiger partial charge in [0.1, 0.15) is 12.4 Å². The Bertz CT molecular complexity index is 728. The van der Waals surface area contributed by atoms with Crippen LogP contribution in [-0.2, 0) is 11.4 Å². The van der Waals surface area contributed by atoms with E-state index in [1.54, 1.807) is 12.1 Å². The van der Waals surface area contributed by atoms with Crippen LogP contribution < -0.4 is 10.1 Å². The molecule has 2 aromatic carbocycles.